The number of anilines is 3. The molecule has 2 heterocycles. The minimum Gasteiger partial charge on any atom is -0.455 e. The van der Waals surface area contributed by atoms with Gasteiger partial charge in [0.1, 0.15) is 11.2 Å². The molecule has 1 saturated carbocycles. The van der Waals surface area contributed by atoms with Gasteiger partial charge in [0.05, 0.1) is 16.7 Å². The molecule has 12 aromatic rings. The Kier molecular flexibility index (Phi) is 9.60. The Hall–Kier alpha value is -8.14. The van der Waals surface area contributed by atoms with Crippen molar-refractivity contribution < 1.29 is 4.42 Å². The summed E-state index contributed by atoms with van der Waals surface area (Å²) in [6.07, 6.45) is 6.43. The van der Waals surface area contributed by atoms with Crippen molar-refractivity contribution in [3.05, 3.63) is 230 Å². The van der Waals surface area contributed by atoms with Gasteiger partial charge in [-0.3, -0.25) is 0 Å². The molecule has 2 aromatic heterocycles. The predicted molar refractivity (Wildman–Crippen MR) is 282 cm³/mol. The van der Waals surface area contributed by atoms with Gasteiger partial charge in [-0.2, -0.15) is 0 Å². The highest BCUT2D eigenvalue weighted by atomic mass is 16.3. The molecular weight excluding hydrogens is 813 g/mol. The van der Waals surface area contributed by atoms with Gasteiger partial charge in [-0.25, -0.2) is 0 Å². The summed E-state index contributed by atoms with van der Waals surface area (Å²) < 4.78 is 8.93. The summed E-state index contributed by atoms with van der Waals surface area (Å²) in [5, 5.41) is 7.46. The van der Waals surface area contributed by atoms with Crippen LogP contribution >= 0.6 is 0 Å². The minimum absolute atomic E-state index is 0.570. The Balaban J connectivity index is 0.990. The number of benzene rings is 10. The number of hydrogen-bond donors (Lipinski definition) is 0. The van der Waals surface area contributed by atoms with Crippen molar-refractivity contribution in [3.8, 4) is 39.1 Å². The Labute approximate surface area is 390 Å². The highest BCUT2D eigenvalue weighted by Gasteiger charge is 2.24. The van der Waals surface area contributed by atoms with Crippen molar-refractivity contribution >= 4 is 71.6 Å². The molecule has 0 bridgehead atoms. The minimum atomic E-state index is 0.570. The van der Waals surface area contributed by atoms with Gasteiger partial charge in [0.2, 0.25) is 0 Å². The van der Waals surface area contributed by atoms with Crippen LogP contribution in [0.15, 0.2) is 229 Å². The van der Waals surface area contributed by atoms with Gasteiger partial charge in [-0.15, -0.1) is 0 Å². The molecule has 3 heteroatoms. The van der Waals surface area contributed by atoms with Crippen molar-refractivity contribution in [2.75, 3.05) is 4.90 Å². The van der Waals surface area contributed by atoms with E-state index in [2.05, 4.69) is 228 Å². The summed E-state index contributed by atoms with van der Waals surface area (Å²) in [5.41, 5.74) is 17.2. The van der Waals surface area contributed by atoms with E-state index in [0.717, 1.165) is 61.4 Å². The van der Waals surface area contributed by atoms with Crippen LogP contribution in [0.25, 0.3) is 93.6 Å². The van der Waals surface area contributed by atoms with Gasteiger partial charge in [0.15, 0.2) is 0 Å². The van der Waals surface area contributed by atoms with E-state index in [1.54, 1.807) is 0 Å². The summed E-state index contributed by atoms with van der Waals surface area (Å²) >= 11 is 0. The normalized spacial score (nSPS) is 13.3. The molecular formula is C64H48N2O. The van der Waals surface area contributed by atoms with E-state index in [-0.39, 0.29) is 0 Å². The average molecular weight is 861 g/mol. The third-order valence-electron chi connectivity index (χ3n) is 14.4. The molecule has 1 fully saturated rings. The molecule has 0 radical (unpaired) electrons. The molecule has 0 spiro atoms. The molecule has 10 aromatic carbocycles. The number of para-hydroxylation sites is 5. The number of furan rings is 1. The second kappa shape index (κ2) is 16.4. The summed E-state index contributed by atoms with van der Waals surface area (Å²) in [7, 11) is 0. The lowest BCUT2D eigenvalue weighted by atomic mass is 9.80. The molecule has 320 valence electrons. The van der Waals surface area contributed by atoms with E-state index in [4.69, 9.17) is 4.42 Å². The largest absolute Gasteiger partial charge is 0.455 e. The van der Waals surface area contributed by atoms with Crippen LogP contribution in [0.4, 0.5) is 17.1 Å². The van der Waals surface area contributed by atoms with Gasteiger partial charge < -0.3 is 13.9 Å². The Bertz CT molecular complexity index is 3790. The maximum atomic E-state index is 6.53. The van der Waals surface area contributed by atoms with Crippen LogP contribution in [0.2, 0.25) is 0 Å². The fraction of sp³-hybridized carbons (Fsp3) is 0.0938. The number of rotatable bonds is 8. The first-order valence-electron chi connectivity index (χ1n) is 23.9. The zero-order valence-electron chi connectivity index (χ0n) is 37.3. The third kappa shape index (κ3) is 6.72. The number of aromatic nitrogens is 1. The highest BCUT2D eigenvalue weighted by molar-refractivity contribution is 6.11. The van der Waals surface area contributed by atoms with Crippen molar-refractivity contribution in [2.45, 2.75) is 38.0 Å². The van der Waals surface area contributed by atoms with E-state index < -0.39 is 0 Å². The molecule has 1 aliphatic rings. The van der Waals surface area contributed by atoms with Crippen molar-refractivity contribution in [1.29, 1.82) is 0 Å². The lowest BCUT2D eigenvalue weighted by Gasteiger charge is -2.29. The van der Waals surface area contributed by atoms with Crippen LogP contribution < -0.4 is 4.90 Å². The van der Waals surface area contributed by atoms with Gasteiger partial charge >= 0.3 is 0 Å². The van der Waals surface area contributed by atoms with Crippen LogP contribution in [0.5, 0.6) is 0 Å². The molecule has 67 heavy (non-hydrogen) atoms. The monoisotopic (exact) mass is 860 g/mol. The summed E-state index contributed by atoms with van der Waals surface area (Å²) in [6, 6.07) is 82.3. The first-order chi connectivity index (χ1) is 33.2. The number of nitrogens with zero attached hydrogens (tertiary/aromatic N) is 2. The standard InChI is InChI=1S/C64H48N2O/c1-3-17-43(18-4-1)51-28-14-19-45-20-15-30-57(63(45)51)54-26-8-10-32-59(54)65(49-38-35-44(36-39-49)52-29-16-31-58-56-27-9-12-34-62(56)67-64(52)58)50-24-13-21-46(41-50)47-37-40-55-53-25-7-11-33-60(53)66(61(55)42-47)48-22-5-2-6-23-48/h2,5-16,19-43H,1,3-4,17-18H2. The van der Waals surface area contributed by atoms with Gasteiger partial charge in [-0.1, -0.05) is 183 Å². The van der Waals surface area contributed by atoms with E-state index in [1.165, 1.54) is 86.9 Å². The molecule has 13 rings (SSSR count). The molecule has 0 atom stereocenters. The Morgan fingerprint density at radius 2 is 1.07 bits per heavy atom. The van der Waals surface area contributed by atoms with Crippen LogP contribution in [0.3, 0.4) is 0 Å². The molecule has 0 saturated heterocycles. The molecule has 0 N–H and O–H groups in total. The number of hydrogen-bond acceptors (Lipinski definition) is 2. The molecule has 3 nitrogen and oxygen atoms in total. The van der Waals surface area contributed by atoms with Crippen LogP contribution in [-0.4, -0.2) is 4.57 Å². The van der Waals surface area contributed by atoms with Crippen LogP contribution in [-0.2, 0) is 0 Å². The maximum Gasteiger partial charge on any atom is 0.143 e. The predicted octanol–water partition coefficient (Wildman–Crippen LogP) is 18.4. The fourth-order valence-corrected chi connectivity index (χ4v) is 11.3. The maximum absolute atomic E-state index is 6.53. The second-order valence-electron chi connectivity index (χ2n) is 18.2. The summed E-state index contributed by atoms with van der Waals surface area (Å²) in [5.74, 6) is 0.570. The lowest BCUT2D eigenvalue weighted by molar-refractivity contribution is 0.445. The average Bonchev–Trinajstić information content (AvgIpc) is 3.95. The smallest absolute Gasteiger partial charge is 0.143 e. The second-order valence-corrected chi connectivity index (χ2v) is 18.2. The zero-order valence-corrected chi connectivity index (χ0v) is 37.3. The van der Waals surface area contributed by atoms with Gasteiger partial charge in [0.25, 0.3) is 0 Å². The van der Waals surface area contributed by atoms with Gasteiger partial charge in [-0.05, 0) is 118 Å². The highest BCUT2D eigenvalue weighted by Crippen LogP contribution is 2.47. The van der Waals surface area contributed by atoms with E-state index in [0.29, 0.717) is 5.92 Å². The van der Waals surface area contributed by atoms with E-state index in [9.17, 15) is 0 Å². The van der Waals surface area contributed by atoms with Crippen LogP contribution in [0.1, 0.15) is 43.6 Å². The molecule has 0 aliphatic heterocycles. The van der Waals surface area contributed by atoms with E-state index >= 15 is 0 Å². The van der Waals surface area contributed by atoms with Crippen molar-refractivity contribution in [3.63, 3.8) is 0 Å². The molecule has 1 aliphatic carbocycles. The van der Waals surface area contributed by atoms with Crippen molar-refractivity contribution in [2.24, 2.45) is 0 Å². The van der Waals surface area contributed by atoms with E-state index in [1.807, 2.05) is 6.07 Å². The van der Waals surface area contributed by atoms with Crippen molar-refractivity contribution in [1.82, 2.24) is 4.57 Å². The SMILES string of the molecule is c1ccc(-n2c3ccccc3c3ccc(-c4cccc(N(c5ccc(-c6cccc7c6oc6ccccc67)cc5)c5ccccc5-c5cccc6cccc(C7CCCCC7)c56)c4)cc32)cc1. The zero-order chi connectivity index (χ0) is 44.3. The number of fused-ring (bicyclic) bond motifs is 7. The molecule has 0 amide bonds. The fourth-order valence-electron chi connectivity index (χ4n) is 11.3. The Morgan fingerprint density at radius 1 is 0.418 bits per heavy atom. The van der Waals surface area contributed by atoms with Crippen LogP contribution in [0, 0.1) is 0 Å². The Morgan fingerprint density at radius 3 is 1.96 bits per heavy atom. The first-order valence-corrected chi connectivity index (χ1v) is 23.9. The molecule has 0 unspecified atom stereocenters. The lowest BCUT2D eigenvalue weighted by Crippen LogP contribution is -2.11. The summed E-state index contributed by atoms with van der Waals surface area (Å²) in [6.45, 7) is 0. The third-order valence-corrected chi connectivity index (χ3v) is 14.4. The topological polar surface area (TPSA) is 21.3 Å². The first kappa shape index (κ1) is 39.2. The summed E-state index contributed by atoms with van der Waals surface area (Å²) in [4.78, 5) is 2.46. The quantitative estimate of drug-likeness (QED) is 0.152. The van der Waals surface area contributed by atoms with Gasteiger partial charge in [0, 0.05) is 49.7 Å².